The van der Waals surface area contributed by atoms with Crippen LogP contribution in [-0.2, 0) is 12.8 Å². The molecule has 4 rings (SSSR count). The van der Waals surface area contributed by atoms with Crippen LogP contribution in [0, 0.1) is 0 Å². The number of rotatable bonds is 3. The SMILES string of the molecule is CCN(C(=O)c1noc2c1CCc1sccc1-2)c1ccccc1. The molecule has 0 fully saturated rings. The van der Waals surface area contributed by atoms with Crippen molar-refractivity contribution in [2.45, 2.75) is 19.8 Å². The molecule has 2 heterocycles. The number of fused-ring (bicyclic) bond motifs is 3. The van der Waals surface area contributed by atoms with Gasteiger partial charge >= 0.3 is 0 Å². The summed E-state index contributed by atoms with van der Waals surface area (Å²) in [7, 11) is 0. The molecule has 4 nitrogen and oxygen atoms in total. The third-order valence-corrected chi connectivity index (χ3v) is 5.19. The lowest BCUT2D eigenvalue weighted by Crippen LogP contribution is -2.31. The smallest absolute Gasteiger partial charge is 0.280 e. The molecule has 1 amide bonds. The summed E-state index contributed by atoms with van der Waals surface area (Å²) in [5.41, 5.74) is 3.35. The Bertz CT molecular complexity index is 851. The van der Waals surface area contributed by atoms with Crippen LogP contribution in [-0.4, -0.2) is 17.6 Å². The van der Waals surface area contributed by atoms with Gasteiger partial charge in [-0.05, 0) is 43.3 Å². The molecule has 0 bridgehead atoms. The first-order chi connectivity index (χ1) is 11.3. The molecule has 116 valence electrons. The lowest BCUT2D eigenvalue weighted by molar-refractivity contribution is 0.0979. The third-order valence-electron chi connectivity index (χ3n) is 4.21. The first-order valence-corrected chi connectivity index (χ1v) is 8.59. The van der Waals surface area contributed by atoms with Crippen molar-refractivity contribution in [3.8, 4) is 11.3 Å². The highest BCUT2D eigenvalue weighted by molar-refractivity contribution is 7.10. The molecule has 0 saturated carbocycles. The zero-order chi connectivity index (χ0) is 15.8. The maximum atomic E-state index is 13.0. The molecule has 0 saturated heterocycles. The summed E-state index contributed by atoms with van der Waals surface area (Å²) in [5, 5.41) is 6.17. The van der Waals surface area contributed by atoms with Crippen LogP contribution in [0.15, 0.2) is 46.3 Å². The Morgan fingerprint density at radius 1 is 1.26 bits per heavy atom. The molecule has 0 unspecified atom stereocenters. The summed E-state index contributed by atoms with van der Waals surface area (Å²) in [4.78, 5) is 16.0. The molecule has 23 heavy (non-hydrogen) atoms. The first-order valence-electron chi connectivity index (χ1n) is 7.71. The van der Waals surface area contributed by atoms with E-state index in [0.29, 0.717) is 12.2 Å². The number of amides is 1. The van der Waals surface area contributed by atoms with Gasteiger partial charge in [0.25, 0.3) is 5.91 Å². The Labute approximate surface area is 138 Å². The van der Waals surface area contributed by atoms with Crippen LogP contribution in [0.4, 0.5) is 5.69 Å². The van der Waals surface area contributed by atoms with Crippen LogP contribution in [0.3, 0.4) is 0 Å². The lowest BCUT2D eigenvalue weighted by Gasteiger charge is -2.20. The zero-order valence-corrected chi connectivity index (χ0v) is 13.6. The van der Waals surface area contributed by atoms with Crippen molar-refractivity contribution in [2.75, 3.05) is 11.4 Å². The van der Waals surface area contributed by atoms with Gasteiger partial charge < -0.3 is 9.42 Å². The predicted octanol–water partition coefficient (Wildman–Crippen LogP) is 4.17. The van der Waals surface area contributed by atoms with Gasteiger partial charge in [0, 0.05) is 28.2 Å². The molecule has 0 N–H and O–H groups in total. The summed E-state index contributed by atoms with van der Waals surface area (Å²) in [6.07, 6.45) is 1.75. The second kappa shape index (κ2) is 5.66. The van der Waals surface area contributed by atoms with Crippen molar-refractivity contribution < 1.29 is 9.32 Å². The van der Waals surface area contributed by atoms with Crippen molar-refractivity contribution in [1.82, 2.24) is 5.16 Å². The van der Waals surface area contributed by atoms with E-state index in [1.54, 1.807) is 16.2 Å². The van der Waals surface area contributed by atoms with Gasteiger partial charge in [-0.2, -0.15) is 0 Å². The van der Waals surface area contributed by atoms with Gasteiger partial charge in [0.15, 0.2) is 11.5 Å². The predicted molar refractivity (Wildman–Crippen MR) is 91.0 cm³/mol. The Morgan fingerprint density at radius 2 is 2.09 bits per heavy atom. The molecule has 1 aliphatic carbocycles. The van der Waals surface area contributed by atoms with Crippen molar-refractivity contribution in [3.05, 3.63) is 57.9 Å². The van der Waals surface area contributed by atoms with E-state index in [1.165, 1.54) is 4.88 Å². The summed E-state index contributed by atoms with van der Waals surface area (Å²) in [5.74, 6) is 0.669. The molecule has 0 spiro atoms. The van der Waals surface area contributed by atoms with Crippen molar-refractivity contribution in [1.29, 1.82) is 0 Å². The van der Waals surface area contributed by atoms with Crippen molar-refractivity contribution >= 4 is 22.9 Å². The average Bonchev–Trinajstić information content (AvgIpc) is 3.22. The fourth-order valence-corrected chi connectivity index (χ4v) is 3.95. The number of aryl methyl sites for hydroxylation is 1. The van der Waals surface area contributed by atoms with Gasteiger partial charge in [-0.15, -0.1) is 11.3 Å². The molecular weight excluding hydrogens is 308 g/mol. The number of nitrogens with zero attached hydrogens (tertiary/aromatic N) is 2. The number of hydrogen-bond acceptors (Lipinski definition) is 4. The summed E-state index contributed by atoms with van der Waals surface area (Å²) >= 11 is 1.73. The Kier molecular flexibility index (Phi) is 3.50. The second-order valence-electron chi connectivity index (χ2n) is 5.48. The van der Waals surface area contributed by atoms with E-state index in [-0.39, 0.29) is 5.91 Å². The Balaban J connectivity index is 1.73. The number of benzene rings is 1. The zero-order valence-electron chi connectivity index (χ0n) is 12.8. The summed E-state index contributed by atoms with van der Waals surface area (Å²) < 4.78 is 5.53. The van der Waals surface area contributed by atoms with Crippen molar-refractivity contribution in [2.24, 2.45) is 0 Å². The number of thiophene rings is 1. The van der Waals surface area contributed by atoms with E-state index in [1.807, 2.05) is 43.3 Å². The number of aromatic nitrogens is 1. The minimum Gasteiger partial charge on any atom is -0.355 e. The number of anilines is 1. The highest BCUT2D eigenvalue weighted by Crippen LogP contribution is 2.38. The molecule has 3 aromatic rings. The van der Waals surface area contributed by atoms with Crippen LogP contribution in [0.2, 0.25) is 0 Å². The van der Waals surface area contributed by atoms with Crippen molar-refractivity contribution in [3.63, 3.8) is 0 Å². The van der Waals surface area contributed by atoms with E-state index in [4.69, 9.17) is 4.52 Å². The van der Waals surface area contributed by atoms with Crippen LogP contribution in [0.5, 0.6) is 0 Å². The molecule has 0 aliphatic heterocycles. The monoisotopic (exact) mass is 324 g/mol. The fraction of sp³-hybridized carbons (Fsp3) is 0.222. The standard InChI is InChI=1S/C18H16N2O2S/c1-2-20(12-6-4-3-5-7-12)18(21)16-14-8-9-15-13(10-11-23-15)17(14)22-19-16/h3-7,10-11H,2,8-9H2,1H3. The molecule has 0 radical (unpaired) electrons. The van der Waals surface area contributed by atoms with Gasteiger partial charge in [0.2, 0.25) is 0 Å². The lowest BCUT2D eigenvalue weighted by atomic mass is 9.95. The van der Waals surface area contributed by atoms with Crippen LogP contribution >= 0.6 is 11.3 Å². The maximum Gasteiger partial charge on any atom is 0.280 e. The Morgan fingerprint density at radius 3 is 2.87 bits per heavy atom. The summed E-state index contributed by atoms with van der Waals surface area (Å²) in [6.45, 7) is 2.56. The first kappa shape index (κ1) is 14.2. The van der Waals surface area contributed by atoms with E-state index >= 15 is 0 Å². The second-order valence-corrected chi connectivity index (χ2v) is 6.48. The largest absolute Gasteiger partial charge is 0.355 e. The highest BCUT2D eigenvalue weighted by atomic mass is 32.1. The third kappa shape index (κ3) is 2.28. The van der Waals surface area contributed by atoms with Gasteiger partial charge in [-0.25, -0.2) is 0 Å². The van der Waals surface area contributed by atoms with Gasteiger partial charge in [-0.3, -0.25) is 4.79 Å². The van der Waals surface area contributed by atoms with Crippen LogP contribution < -0.4 is 4.90 Å². The number of para-hydroxylation sites is 1. The molecule has 5 heteroatoms. The minimum absolute atomic E-state index is 0.0950. The minimum atomic E-state index is -0.0950. The van der Waals surface area contributed by atoms with E-state index in [0.717, 1.165) is 35.4 Å². The van der Waals surface area contributed by atoms with Gasteiger partial charge in [0.1, 0.15) is 0 Å². The Hall–Kier alpha value is -2.40. The molecule has 2 aromatic heterocycles. The molecule has 1 aliphatic rings. The summed E-state index contributed by atoms with van der Waals surface area (Å²) in [6, 6.07) is 11.7. The van der Waals surface area contributed by atoms with E-state index in [2.05, 4.69) is 10.5 Å². The normalized spacial score (nSPS) is 12.6. The fourth-order valence-electron chi connectivity index (χ4n) is 3.08. The number of carbonyl (C=O) groups excluding carboxylic acids is 1. The quantitative estimate of drug-likeness (QED) is 0.726. The van der Waals surface area contributed by atoms with E-state index < -0.39 is 0 Å². The molecular formula is C18H16N2O2S. The van der Waals surface area contributed by atoms with Crippen LogP contribution in [0.1, 0.15) is 27.9 Å². The van der Waals surface area contributed by atoms with Gasteiger partial charge in [0.05, 0.1) is 0 Å². The number of carbonyl (C=O) groups is 1. The number of hydrogen-bond donors (Lipinski definition) is 0. The van der Waals surface area contributed by atoms with Gasteiger partial charge in [-0.1, -0.05) is 23.4 Å². The average molecular weight is 324 g/mol. The molecule has 0 atom stereocenters. The topological polar surface area (TPSA) is 46.3 Å². The van der Waals surface area contributed by atoms with Crippen LogP contribution in [0.25, 0.3) is 11.3 Å². The maximum absolute atomic E-state index is 13.0. The molecule has 1 aromatic carbocycles. The van der Waals surface area contributed by atoms with E-state index in [9.17, 15) is 4.79 Å². The highest BCUT2D eigenvalue weighted by Gasteiger charge is 2.30.